The number of rotatable bonds is 0. The van der Waals surface area contributed by atoms with Crippen LogP contribution >= 0.6 is 0 Å². The summed E-state index contributed by atoms with van der Waals surface area (Å²) in [5.74, 6) is 0.0793. The molecule has 0 saturated heterocycles. The normalized spacial score (nSPS) is 10.9. The van der Waals surface area contributed by atoms with Crippen LogP contribution in [0.25, 0.3) is 10.9 Å². The van der Waals surface area contributed by atoms with Crippen LogP contribution in [0.2, 0.25) is 0 Å². The summed E-state index contributed by atoms with van der Waals surface area (Å²) in [4.78, 5) is 15.9. The molecule has 0 N–H and O–H groups in total. The summed E-state index contributed by atoms with van der Waals surface area (Å²) >= 11 is 0. The molecule has 0 spiro atoms. The fourth-order valence-electron chi connectivity index (χ4n) is 1.59. The first-order valence-corrected chi connectivity index (χ1v) is 4.64. The minimum atomic E-state index is -0.502. The predicted octanol–water partition coefficient (Wildman–Crippen LogP) is 1.69. The van der Waals surface area contributed by atoms with Gasteiger partial charge in [0.1, 0.15) is 17.0 Å². The molecule has 1 aromatic carbocycles. The van der Waals surface area contributed by atoms with Crippen LogP contribution in [0.15, 0.2) is 16.9 Å². The van der Waals surface area contributed by atoms with Gasteiger partial charge in [-0.25, -0.2) is 9.37 Å². The van der Waals surface area contributed by atoms with Crippen molar-refractivity contribution in [3.05, 3.63) is 39.7 Å². The smallest absolute Gasteiger partial charge is 0.264 e. The van der Waals surface area contributed by atoms with E-state index in [0.29, 0.717) is 11.3 Å². The molecule has 0 saturated carbocycles. The Balaban J connectivity index is 3.06. The maximum absolute atomic E-state index is 13.6. The molecule has 2 rings (SSSR count). The third-order valence-electron chi connectivity index (χ3n) is 2.50. The number of hydrogen-bond acceptors (Lipinski definition) is 2. The number of aryl methyl sites for hydroxylation is 2. The van der Waals surface area contributed by atoms with Gasteiger partial charge >= 0.3 is 0 Å². The number of hydrogen-bond donors (Lipinski definition) is 0. The summed E-state index contributed by atoms with van der Waals surface area (Å²) in [5, 5.41) is 0.0636. The van der Waals surface area contributed by atoms with Crippen LogP contribution in [0, 0.1) is 19.7 Å². The summed E-state index contributed by atoms with van der Waals surface area (Å²) < 4.78 is 14.9. The summed E-state index contributed by atoms with van der Waals surface area (Å²) in [5.41, 5.74) is 0.850. The standard InChI is InChI=1S/C11H11FN2O/c1-6-4-8(12)10-9(5-6)13-7(2)14(3)11(10)15/h4-5H,1-3H3. The van der Waals surface area contributed by atoms with Gasteiger partial charge in [0.2, 0.25) is 0 Å². The molecule has 0 radical (unpaired) electrons. The van der Waals surface area contributed by atoms with Crippen molar-refractivity contribution in [3.8, 4) is 0 Å². The summed E-state index contributed by atoms with van der Waals surface area (Å²) in [6.45, 7) is 3.50. The quantitative estimate of drug-likeness (QED) is 0.657. The van der Waals surface area contributed by atoms with Gasteiger partial charge in [-0.1, -0.05) is 0 Å². The number of aromatic nitrogens is 2. The van der Waals surface area contributed by atoms with E-state index in [1.807, 2.05) is 0 Å². The highest BCUT2D eigenvalue weighted by Gasteiger charge is 2.10. The van der Waals surface area contributed by atoms with Crippen molar-refractivity contribution in [2.75, 3.05) is 0 Å². The van der Waals surface area contributed by atoms with E-state index >= 15 is 0 Å². The lowest BCUT2D eigenvalue weighted by atomic mass is 10.1. The second-order valence-corrected chi connectivity index (χ2v) is 3.66. The molecule has 4 heteroatoms. The average molecular weight is 206 g/mol. The SMILES string of the molecule is Cc1cc(F)c2c(=O)n(C)c(C)nc2c1. The van der Waals surface area contributed by atoms with Crippen molar-refractivity contribution < 1.29 is 4.39 Å². The summed E-state index contributed by atoms with van der Waals surface area (Å²) in [7, 11) is 1.59. The molecular weight excluding hydrogens is 195 g/mol. The highest BCUT2D eigenvalue weighted by molar-refractivity contribution is 5.79. The maximum Gasteiger partial charge on any atom is 0.264 e. The zero-order valence-electron chi connectivity index (χ0n) is 8.84. The van der Waals surface area contributed by atoms with E-state index in [1.54, 1.807) is 27.0 Å². The Kier molecular flexibility index (Phi) is 2.07. The van der Waals surface area contributed by atoms with Crippen LogP contribution < -0.4 is 5.56 Å². The molecule has 1 aromatic heterocycles. The van der Waals surface area contributed by atoms with Gasteiger partial charge in [-0.05, 0) is 31.5 Å². The monoisotopic (exact) mass is 206 g/mol. The minimum Gasteiger partial charge on any atom is -0.299 e. The van der Waals surface area contributed by atoms with Gasteiger partial charge in [0, 0.05) is 7.05 Å². The Bertz CT molecular complexity index is 602. The van der Waals surface area contributed by atoms with Gasteiger partial charge < -0.3 is 0 Å². The number of halogens is 1. The minimum absolute atomic E-state index is 0.0636. The average Bonchev–Trinajstić information content (AvgIpc) is 2.13. The van der Waals surface area contributed by atoms with Crippen molar-refractivity contribution in [2.24, 2.45) is 7.05 Å². The molecule has 0 fully saturated rings. The van der Waals surface area contributed by atoms with Crippen LogP contribution in [-0.2, 0) is 7.05 Å². The first-order chi connectivity index (χ1) is 7.00. The molecule has 3 nitrogen and oxygen atoms in total. The van der Waals surface area contributed by atoms with Crippen LogP contribution in [0.5, 0.6) is 0 Å². The van der Waals surface area contributed by atoms with Gasteiger partial charge in [0.15, 0.2) is 0 Å². The van der Waals surface area contributed by atoms with Crippen molar-refractivity contribution in [3.63, 3.8) is 0 Å². The van der Waals surface area contributed by atoms with Crippen LogP contribution in [-0.4, -0.2) is 9.55 Å². The lowest BCUT2D eigenvalue weighted by Gasteiger charge is -2.06. The van der Waals surface area contributed by atoms with Crippen molar-refractivity contribution in [1.82, 2.24) is 9.55 Å². The number of nitrogens with zero attached hydrogens (tertiary/aromatic N) is 2. The molecule has 0 bridgehead atoms. The van der Waals surface area contributed by atoms with E-state index in [-0.39, 0.29) is 10.9 Å². The third kappa shape index (κ3) is 1.42. The Labute approximate surface area is 86.2 Å². The van der Waals surface area contributed by atoms with E-state index in [1.165, 1.54) is 10.6 Å². The van der Waals surface area contributed by atoms with E-state index in [2.05, 4.69) is 4.98 Å². The molecule has 0 unspecified atom stereocenters. The van der Waals surface area contributed by atoms with Gasteiger partial charge in [-0.3, -0.25) is 9.36 Å². The first kappa shape index (κ1) is 9.83. The molecule has 15 heavy (non-hydrogen) atoms. The molecule has 0 aliphatic heterocycles. The number of fused-ring (bicyclic) bond motifs is 1. The maximum atomic E-state index is 13.6. The second-order valence-electron chi connectivity index (χ2n) is 3.66. The third-order valence-corrected chi connectivity index (χ3v) is 2.50. The molecule has 0 amide bonds. The molecule has 78 valence electrons. The number of benzene rings is 1. The van der Waals surface area contributed by atoms with Gasteiger partial charge in [-0.2, -0.15) is 0 Å². The van der Waals surface area contributed by atoms with Gasteiger partial charge in [0.05, 0.1) is 5.52 Å². The predicted molar refractivity (Wildman–Crippen MR) is 56.4 cm³/mol. The van der Waals surface area contributed by atoms with E-state index in [9.17, 15) is 9.18 Å². The topological polar surface area (TPSA) is 34.9 Å². The molecular formula is C11H11FN2O. The van der Waals surface area contributed by atoms with Gasteiger partial charge in [-0.15, -0.1) is 0 Å². The second kappa shape index (κ2) is 3.15. The van der Waals surface area contributed by atoms with Crippen molar-refractivity contribution >= 4 is 10.9 Å². The molecule has 1 heterocycles. The largest absolute Gasteiger partial charge is 0.299 e. The van der Waals surface area contributed by atoms with E-state index < -0.39 is 5.82 Å². The summed E-state index contributed by atoms with van der Waals surface area (Å²) in [6, 6.07) is 3.06. The zero-order chi connectivity index (χ0) is 11.2. The summed E-state index contributed by atoms with van der Waals surface area (Å²) in [6.07, 6.45) is 0. The fourth-order valence-corrected chi connectivity index (χ4v) is 1.59. The van der Waals surface area contributed by atoms with Crippen LogP contribution in [0.4, 0.5) is 4.39 Å². The Morgan fingerprint density at radius 2 is 2.00 bits per heavy atom. The Morgan fingerprint density at radius 1 is 1.33 bits per heavy atom. The zero-order valence-corrected chi connectivity index (χ0v) is 8.84. The molecule has 0 atom stereocenters. The Hall–Kier alpha value is -1.71. The molecule has 0 aliphatic rings. The Morgan fingerprint density at radius 3 is 2.67 bits per heavy atom. The van der Waals surface area contributed by atoms with E-state index in [4.69, 9.17) is 0 Å². The lowest BCUT2D eigenvalue weighted by Crippen LogP contribution is -2.21. The van der Waals surface area contributed by atoms with Gasteiger partial charge in [0.25, 0.3) is 5.56 Å². The van der Waals surface area contributed by atoms with Crippen molar-refractivity contribution in [2.45, 2.75) is 13.8 Å². The lowest BCUT2D eigenvalue weighted by molar-refractivity contribution is 0.634. The fraction of sp³-hybridized carbons (Fsp3) is 0.273. The van der Waals surface area contributed by atoms with E-state index in [0.717, 1.165) is 5.56 Å². The first-order valence-electron chi connectivity index (χ1n) is 4.64. The highest BCUT2D eigenvalue weighted by Crippen LogP contribution is 2.14. The molecule has 0 aliphatic carbocycles. The van der Waals surface area contributed by atoms with Crippen LogP contribution in [0.3, 0.4) is 0 Å². The highest BCUT2D eigenvalue weighted by atomic mass is 19.1. The van der Waals surface area contributed by atoms with Crippen LogP contribution in [0.1, 0.15) is 11.4 Å². The van der Waals surface area contributed by atoms with Crippen molar-refractivity contribution in [1.29, 1.82) is 0 Å². The molecule has 2 aromatic rings.